The Labute approximate surface area is 120 Å². The van der Waals surface area contributed by atoms with Crippen molar-refractivity contribution in [3.8, 4) is 0 Å². The molecule has 7 heteroatoms. The highest BCUT2D eigenvalue weighted by Gasteiger charge is 2.38. The molecule has 0 bridgehead atoms. The summed E-state index contributed by atoms with van der Waals surface area (Å²) in [5, 5.41) is -1.03. The number of imidazole rings is 1. The molecule has 1 saturated heterocycles. The number of aromatic nitrogens is 2. The number of thioether (sulfide) groups is 1. The van der Waals surface area contributed by atoms with Crippen LogP contribution in [0.5, 0.6) is 0 Å². The molecule has 2 rings (SSSR count). The number of nitrogens with zero attached hydrogens (tertiary/aromatic N) is 2. The highest BCUT2D eigenvalue weighted by atomic mass is 32.2. The Bertz CT molecular complexity index is 467. The lowest BCUT2D eigenvalue weighted by Crippen LogP contribution is -2.23. The minimum atomic E-state index is -4.22. The van der Waals surface area contributed by atoms with Gasteiger partial charge in [-0.15, -0.1) is 0 Å². The summed E-state index contributed by atoms with van der Waals surface area (Å²) in [6.45, 7) is 6.20. The van der Waals surface area contributed by atoms with Gasteiger partial charge >= 0.3 is 6.18 Å². The van der Waals surface area contributed by atoms with Crippen molar-refractivity contribution in [3.05, 3.63) is 11.4 Å². The normalized spacial score (nSPS) is 21.4. The fraction of sp³-hybridized carbons (Fsp3) is 0.769. The van der Waals surface area contributed by atoms with Gasteiger partial charge in [-0.1, -0.05) is 11.8 Å². The maximum atomic E-state index is 12.7. The number of aryl methyl sites for hydroxylation is 1. The second-order valence-electron chi connectivity index (χ2n) is 5.11. The van der Waals surface area contributed by atoms with Crippen LogP contribution in [-0.4, -0.2) is 33.7 Å². The molecule has 0 amide bonds. The highest BCUT2D eigenvalue weighted by molar-refractivity contribution is 7.99. The maximum absolute atomic E-state index is 12.7. The van der Waals surface area contributed by atoms with Gasteiger partial charge < -0.3 is 9.30 Å². The Hall–Kier alpha value is -0.690. The van der Waals surface area contributed by atoms with Crippen molar-refractivity contribution in [1.29, 1.82) is 0 Å². The zero-order valence-electron chi connectivity index (χ0n) is 11.8. The summed E-state index contributed by atoms with van der Waals surface area (Å²) >= 11 is 0.767. The van der Waals surface area contributed by atoms with E-state index in [4.69, 9.17) is 4.74 Å². The number of alkyl halides is 3. The van der Waals surface area contributed by atoms with Crippen molar-refractivity contribution < 1.29 is 17.9 Å². The number of hydrogen-bond acceptors (Lipinski definition) is 3. The molecular weight excluding hydrogens is 289 g/mol. The molecule has 1 aromatic rings. The van der Waals surface area contributed by atoms with E-state index in [0.717, 1.165) is 42.6 Å². The predicted molar refractivity (Wildman–Crippen MR) is 72.0 cm³/mol. The lowest BCUT2D eigenvalue weighted by molar-refractivity contribution is -0.125. The molecular formula is C13H19F3N2OS. The van der Waals surface area contributed by atoms with Crippen molar-refractivity contribution in [2.45, 2.75) is 62.8 Å². The third-order valence-electron chi connectivity index (χ3n) is 3.58. The van der Waals surface area contributed by atoms with E-state index >= 15 is 0 Å². The summed E-state index contributed by atoms with van der Waals surface area (Å²) in [7, 11) is 0. The zero-order chi connectivity index (χ0) is 14.9. The molecule has 0 spiro atoms. The Kier molecular flexibility index (Phi) is 4.69. The molecule has 2 atom stereocenters. The standard InChI is InChI=1S/C13H19F3N2OS/c1-8-9(2)18(7-11-5-4-6-19-11)12(17-8)20-10(3)13(14,15)16/h10-11H,4-7H2,1-3H3/t10-,11-/m1/s1. The van der Waals surface area contributed by atoms with Gasteiger partial charge in [-0.05, 0) is 33.6 Å². The molecule has 0 saturated carbocycles. The van der Waals surface area contributed by atoms with Crippen LogP contribution in [0.4, 0.5) is 13.2 Å². The number of hydrogen-bond donors (Lipinski definition) is 0. The minimum absolute atomic E-state index is 0.0860. The highest BCUT2D eigenvalue weighted by Crippen LogP contribution is 2.35. The third kappa shape index (κ3) is 3.49. The minimum Gasteiger partial charge on any atom is -0.376 e. The first-order chi connectivity index (χ1) is 9.29. The lowest BCUT2D eigenvalue weighted by atomic mass is 10.2. The van der Waals surface area contributed by atoms with E-state index in [1.807, 2.05) is 18.4 Å². The van der Waals surface area contributed by atoms with E-state index in [-0.39, 0.29) is 6.10 Å². The van der Waals surface area contributed by atoms with Crippen molar-refractivity contribution >= 4 is 11.8 Å². The van der Waals surface area contributed by atoms with Crippen LogP contribution in [-0.2, 0) is 11.3 Å². The van der Waals surface area contributed by atoms with Gasteiger partial charge in [0.2, 0.25) is 0 Å². The maximum Gasteiger partial charge on any atom is 0.400 e. The van der Waals surface area contributed by atoms with Gasteiger partial charge in [0.15, 0.2) is 5.16 Å². The molecule has 3 nitrogen and oxygen atoms in total. The Balaban J connectivity index is 2.17. The van der Waals surface area contributed by atoms with Crippen LogP contribution in [0.25, 0.3) is 0 Å². The topological polar surface area (TPSA) is 27.1 Å². The summed E-state index contributed by atoms with van der Waals surface area (Å²) in [5.41, 5.74) is 1.69. The lowest BCUT2D eigenvalue weighted by Gasteiger charge is -2.18. The molecule has 0 radical (unpaired) electrons. The van der Waals surface area contributed by atoms with E-state index in [1.54, 1.807) is 0 Å². The molecule has 0 aliphatic carbocycles. The Morgan fingerprint density at radius 1 is 1.45 bits per heavy atom. The van der Waals surface area contributed by atoms with Crippen LogP contribution >= 0.6 is 11.8 Å². The zero-order valence-corrected chi connectivity index (χ0v) is 12.6. The summed E-state index contributed by atoms with van der Waals surface area (Å²) < 4.78 is 45.5. The molecule has 0 N–H and O–H groups in total. The molecule has 0 unspecified atom stereocenters. The molecule has 1 aromatic heterocycles. The van der Waals surface area contributed by atoms with Crippen LogP contribution in [0.2, 0.25) is 0 Å². The van der Waals surface area contributed by atoms with Crippen molar-refractivity contribution in [1.82, 2.24) is 9.55 Å². The largest absolute Gasteiger partial charge is 0.400 e. The monoisotopic (exact) mass is 308 g/mol. The summed E-state index contributed by atoms with van der Waals surface area (Å²) in [6.07, 6.45) is -2.16. The first kappa shape index (κ1) is 15.7. The van der Waals surface area contributed by atoms with E-state index in [9.17, 15) is 13.2 Å². The Morgan fingerprint density at radius 3 is 2.70 bits per heavy atom. The van der Waals surface area contributed by atoms with E-state index in [1.165, 1.54) is 6.92 Å². The van der Waals surface area contributed by atoms with Gasteiger partial charge in [-0.3, -0.25) is 0 Å². The molecule has 1 aliphatic rings. The fourth-order valence-corrected chi connectivity index (χ4v) is 3.12. The van der Waals surface area contributed by atoms with Crippen LogP contribution in [0.15, 0.2) is 5.16 Å². The third-order valence-corrected chi connectivity index (χ3v) is 4.72. The predicted octanol–water partition coefficient (Wildman–Crippen LogP) is 3.72. The van der Waals surface area contributed by atoms with Crippen LogP contribution in [0.1, 0.15) is 31.2 Å². The SMILES string of the molecule is Cc1nc(S[C@H](C)C(F)(F)F)n(C[C@H]2CCCO2)c1C. The number of ether oxygens (including phenoxy) is 1. The average Bonchev–Trinajstić information content (AvgIpc) is 2.93. The second-order valence-corrected chi connectivity index (χ2v) is 6.42. The van der Waals surface area contributed by atoms with Crippen molar-refractivity contribution in [2.24, 2.45) is 0 Å². The van der Waals surface area contributed by atoms with Crippen LogP contribution in [0, 0.1) is 13.8 Å². The number of rotatable bonds is 4. The van der Waals surface area contributed by atoms with Crippen LogP contribution < -0.4 is 0 Å². The van der Waals surface area contributed by atoms with Gasteiger partial charge in [0.1, 0.15) is 5.25 Å². The smallest absolute Gasteiger partial charge is 0.376 e. The molecule has 1 aliphatic heterocycles. The van der Waals surface area contributed by atoms with E-state index in [2.05, 4.69) is 4.98 Å². The first-order valence-electron chi connectivity index (χ1n) is 6.67. The second kappa shape index (κ2) is 5.97. The quantitative estimate of drug-likeness (QED) is 0.793. The summed E-state index contributed by atoms with van der Waals surface area (Å²) in [5.74, 6) is 0. The molecule has 114 valence electrons. The Morgan fingerprint density at radius 2 is 2.15 bits per heavy atom. The van der Waals surface area contributed by atoms with Crippen molar-refractivity contribution in [3.63, 3.8) is 0 Å². The van der Waals surface area contributed by atoms with Gasteiger partial charge in [0, 0.05) is 12.3 Å². The van der Waals surface area contributed by atoms with Gasteiger partial charge in [-0.25, -0.2) is 4.98 Å². The summed E-state index contributed by atoms with van der Waals surface area (Å²) in [4.78, 5) is 4.28. The molecule has 2 heterocycles. The summed E-state index contributed by atoms with van der Waals surface area (Å²) in [6, 6.07) is 0. The van der Waals surface area contributed by atoms with E-state index < -0.39 is 11.4 Å². The molecule has 20 heavy (non-hydrogen) atoms. The van der Waals surface area contributed by atoms with Gasteiger partial charge in [-0.2, -0.15) is 13.2 Å². The van der Waals surface area contributed by atoms with E-state index in [0.29, 0.717) is 11.7 Å². The number of halogens is 3. The first-order valence-corrected chi connectivity index (χ1v) is 7.55. The van der Waals surface area contributed by atoms with Gasteiger partial charge in [0.05, 0.1) is 18.3 Å². The van der Waals surface area contributed by atoms with Gasteiger partial charge in [0.25, 0.3) is 0 Å². The van der Waals surface area contributed by atoms with Crippen LogP contribution in [0.3, 0.4) is 0 Å². The molecule has 0 aromatic carbocycles. The molecule has 1 fully saturated rings. The fourth-order valence-electron chi connectivity index (χ4n) is 2.15. The van der Waals surface area contributed by atoms with Crippen molar-refractivity contribution in [2.75, 3.05) is 6.61 Å². The average molecular weight is 308 g/mol.